The van der Waals surface area contributed by atoms with Crippen molar-refractivity contribution in [1.29, 1.82) is 0 Å². The van der Waals surface area contributed by atoms with E-state index < -0.39 is 22.1 Å². The molecule has 162 valence electrons. The molecule has 0 aliphatic heterocycles. The molecule has 0 heterocycles. The molecular formula is C21H25NO7S. The largest absolute Gasteiger partial charge is 0.497 e. The fraction of sp³-hybridized carbons (Fsp3) is 0.333. The minimum atomic E-state index is -3.39. The van der Waals surface area contributed by atoms with Gasteiger partial charge in [0.15, 0.2) is 6.10 Å². The van der Waals surface area contributed by atoms with Gasteiger partial charge in [-0.3, -0.25) is 14.3 Å². The van der Waals surface area contributed by atoms with Gasteiger partial charge in [-0.15, -0.1) is 0 Å². The first-order chi connectivity index (χ1) is 14.2. The highest BCUT2D eigenvalue weighted by Gasteiger charge is 2.19. The fourth-order valence-corrected chi connectivity index (χ4v) is 3.10. The van der Waals surface area contributed by atoms with E-state index in [1.807, 2.05) is 0 Å². The number of carbonyl (C=O) groups excluding carboxylic acids is 2. The summed E-state index contributed by atoms with van der Waals surface area (Å²) in [6.45, 7) is 1.83. The number of ketones is 1. The van der Waals surface area contributed by atoms with E-state index in [9.17, 15) is 18.0 Å². The third-order valence-corrected chi connectivity index (χ3v) is 4.61. The van der Waals surface area contributed by atoms with Crippen LogP contribution in [0.15, 0.2) is 48.5 Å². The highest BCUT2D eigenvalue weighted by Crippen LogP contribution is 2.17. The molecule has 8 nitrogen and oxygen atoms in total. The second-order valence-corrected chi connectivity index (χ2v) is 8.32. The van der Waals surface area contributed by atoms with Crippen molar-refractivity contribution < 1.29 is 32.2 Å². The molecule has 0 bridgehead atoms. The van der Waals surface area contributed by atoms with E-state index in [4.69, 9.17) is 14.2 Å². The van der Waals surface area contributed by atoms with Crippen LogP contribution in [0, 0.1) is 0 Å². The summed E-state index contributed by atoms with van der Waals surface area (Å²) < 4.78 is 40.5. The third-order valence-electron chi connectivity index (χ3n) is 4.00. The second kappa shape index (κ2) is 10.6. The number of nitrogens with one attached hydrogen (secondary N) is 1. The summed E-state index contributed by atoms with van der Waals surface area (Å²) in [6, 6.07) is 13.0. The molecule has 0 aliphatic carbocycles. The Labute approximate surface area is 176 Å². The SMILES string of the molecule is COc1ccc(OCCCC(=O)OC(C)C(=O)c2ccc(NS(C)(=O)=O)cc2)cc1. The van der Waals surface area contributed by atoms with Crippen LogP contribution < -0.4 is 14.2 Å². The van der Waals surface area contributed by atoms with Gasteiger partial charge < -0.3 is 14.2 Å². The number of sulfonamides is 1. The molecule has 0 aliphatic rings. The zero-order chi connectivity index (χ0) is 22.1. The Kier molecular flexibility index (Phi) is 8.23. The lowest BCUT2D eigenvalue weighted by molar-refractivity contribution is -0.146. The van der Waals surface area contributed by atoms with Crippen LogP contribution in [0.1, 0.15) is 30.1 Å². The van der Waals surface area contributed by atoms with E-state index in [-0.39, 0.29) is 12.2 Å². The quantitative estimate of drug-likeness (QED) is 0.328. The monoisotopic (exact) mass is 435 g/mol. The molecule has 9 heteroatoms. The van der Waals surface area contributed by atoms with Crippen molar-refractivity contribution in [2.75, 3.05) is 24.7 Å². The van der Waals surface area contributed by atoms with Crippen LogP contribution >= 0.6 is 0 Å². The normalized spacial score (nSPS) is 12.0. The first kappa shape index (κ1) is 23.2. The smallest absolute Gasteiger partial charge is 0.306 e. The predicted octanol–water partition coefficient (Wildman–Crippen LogP) is 3.04. The molecule has 1 atom stereocenters. The molecule has 0 aromatic heterocycles. The van der Waals surface area contributed by atoms with Crippen molar-refractivity contribution in [2.24, 2.45) is 0 Å². The first-order valence-electron chi connectivity index (χ1n) is 9.26. The van der Waals surface area contributed by atoms with Crippen molar-refractivity contribution in [3.05, 3.63) is 54.1 Å². The maximum atomic E-state index is 12.4. The van der Waals surface area contributed by atoms with Crippen LogP contribution in [-0.2, 0) is 19.6 Å². The number of carbonyl (C=O) groups is 2. The number of Topliss-reactive ketones (excluding diaryl/α,β-unsaturated/α-hetero) is 1. The van der Waals surface area contributed by atoms with Gasteiger partial charge in [-0.2, -0.15) is 0 Å². The number of anilines is 1. The Bertz CT molecular complexity index is 954. The van der Waals surface area contributed by atoms with Crippen molar-refractivity contribution in [3.8, 4) is 11.5 Å². The Morgan fingerprint density at radius 1 is 1.00 bits per heavy atom. The number of hydrogen-bond donors (Lipinski definition) is 1. The van der Waals surface area contributed by atoms with Crippen molar-refractivity contribution >= 4 is 27.5 Å². The lowest BCUT2D eigenvalue weighted by atomic mass is 10.1. The molecule has 0 amide bonds. The van der Waals surface area contributed by atoms with E-state index in [1.54, 1.807) is 31.4 Å². The summed E-state index contributed by atoms with van der Waals surface area (Å²) in [5.74, 6) is 0.528. The zero-order valence-corrected chi connectivity index (χ0v) is 17.9. The summed E-state index contributed by atoms with van der Waals surface area (Å²) in [5, 5.41) is 0. The average Bonchev–Trinajstić information content (AvgIpc) is 2.70. The third kappa shape index (κ3) is 7.75. The van der Waals surface area contributed by atoms with E-state index in [1.165, 1.54) is 31.2 Å². The summed E-state index contributed by atoms with van der Waals surface area (Å²) in [7, 11) is -1.81. The van der Waals surface area contributed by atoms with Crippen LogP contribution in [0.3, 0.4) is 0 Å². The maximum Gasteiger partial charge on any atom is 0.306 e. The first-order valence-corrected chi connectivity index (χ1v) is 11.2. The van der Waals surface area contributed by atoms with Crippen LogP contribution in [0.2, 0.25) is 0 Å². The van der Waals surface area contributed by atoms with Crippen molar-refractivity contribution in [2.45, 2.75) is 25.9 Å². The van der Waals surface area contributed by atoms with Crippen molar-refractivity contribution in [3.63, 3.8) is 0 Å². The molecule has 2 aromatic carbocycles. The number of esters is 1. The Balaban J connectivity index is 1.75. The summed E-state index contributed by atoms with van der Waals surface area (Å²) >= 11 is 0. The van der Waals surface area contributed by atoms with E-state index in [0.29, 0.717) is 30.0 Å². The van der Waals surface area contributed by atoms with Crippen LogP contribution in [-0.4, -0.2) is 46.2 Å². The molecule has 0 radical (unpaired) electrons. The molecule has 0 saturated carbocycles. The number of hydrogen-bond acceptors (Lipinski definition) is 7. The molecule has 0 fully saturated rings. The van der Waals surface area contributed by atoms with Crippen LogP contribution in [0.25, 0.3) is 0 Å². The Morgan fingerprint density at radius 3 is 2.17 bits per heavy atom. The van der Waals surface area contributed by atoms with Gasteiger partial charge in [0.05, 0.1) is 20.0 Å². The predicted molar refractivity (Wildman–Crippen MR) is 113 cm³/mol. The van der Waals surface area contributed by atoms with Gasteiger partial charge in [0.25, 0.3) is 0 Å². The van der Waals surface area contributed by atoms with Gasteiger partial charge in [0.2, 0.25) is 15.8 Å². The van der Waals surface area contributed by atoms with Gasteiger partial charge >= 0.3 is 5.97 Å². The molecule has 1 unspecified atom stereocenters. The number of rotatable bonds is 11. The van der Waals surface area contributed by atoms with Gasteiger partial charge in [0, 0.05) is 17.7 Å². The summed E-state index contributed by atoms with van der Waals surface area (Å²) in [6.07, 6.45) is 0.645. The maximum absolute atomic E-state index is 12.4. The van der Waals surface area contributed by atoms with Crippen LogP contribution in [0.5, 0.6) is 11.5 Å². The molecule has 0 saturated heterocycles. The Morgan fingerprint density at radius 2 is 1.60 bits per heavy atom. The average molecular weight is 435 g/mol. The molecule has 2 aromatic rings. The number of methoxy groups -OCH3 is 1. The topological polar surface area (TPSA) is 108 Å². The molecule has 30 heavy (non-hydrogen) atoms. The minimum Gasteiger partial charge on any atom is -0.497 e. The van der Waals surface area contributed by atoms with E-state index >= 15 is 0 Å². The van der Waals surface area contributed by atoms with Gasteiger partial charge in [0.1, 0.15) is 11.5 Å². The standard InChI is InChI=1S/C21H25NO7S/c1-15(21(24)16-6-8-17(9-7-16)22-30(3,25)26)29-20(23)5-4-14-28-19-12-10-18(27-2)11-13-19/h6-13,15,22H,4-5,14H2,1-3H3. The van der Waals surface area contributed by atoms with Gasteiger partial charge in [-0.25, -0.2) is 8.42 Å². The van der Waals surface area contributed by atoms with Crippen molar-refractivity contribution in [1.82, 2.24) is 0 Å². The molecule has 0 spiro atoms. The highest BCUT2D eigenvalue weighted by atomic mass is 32.2. The highest BCUT2D eigenvalue weighted by molar-refractivity contribution is 7.92. The minimum absolute atomic E-state index is 0.116. The van der Waals surface area contributed by atoms with E-state index in [2.05, 4.69) is 4.72 Å². The molecular weight excluding hydrogens is 410 g/mol. The fourth-order valence-electron chi connectivity index (χ4n) is 2.54. The van der Waals surface area contributed by atoms with Gasteiger partial charge in [-0.1, -0.05) is 0 Å². The molecule has 2 rings (SSSR count). The molecule has 1 N–H and O–H groups in total. The lowest BCUT2D eigenvalue weighted by Gasteiger charge is -2.13. The number of benzene rings is 2. The summed E-state index contributed by atoms with van der Waals surface area (Å²) in [5.41, 5.74) is 0.660. The number of ether oxygens (including phenoxy) is 3. The van der Waals surface area contributed by atoms with Crippen LogP contribution in [0.4, 0.5) is 5.69 Å². The summed E-state index contributed by atoms with van der Waals surface area (Å²) in [4.78, 5) is 24.4. The lowest BCUT2D eigenvalue weighted by Crippen LogP contribution is -2.24. The Hall–Kier alpha value is -3.07. The second-order valence-electron chi connectivity index (χ2n) is 6.58. The van der Waals surface area contributed by atoms with Gasteiger partial charge in [-0.05, 0) is 61.9 Å². The zero-order valence-electron chi connectivity index (χ0n) is 17.1. The van der Waals surface area contributed by atoms with E-state index in [0.717, 1.165) is 12.0 Å².